The molecular weight excluding hydrogens is 294 g/mol. The SMILES string of the molecule is CNCCc1cccc(-c2ccc(OCc3ccccc3)cc2)c1. The Bertz CT molecular complexity index is 750. The fourth-order valence-corrected chi connectivity index (χ4v) is 2.66. The first-order valence-electron chi connectivity index (χ1n) is 8.36. The molecule has 0 unspecified atom stereocenters. The Kier molecular flexibility index (Phi) is 5.65. The van der Waals surface area contributed by atoms with Crippen LogP contribution in [0.5, 0.6) is 5.75 Å². The van der Waals surface area contributed by atoms with Crippen LogP contribution in [0.25, 0.3) is 11.1 Å². The quantitative estimate of drug-likeness (QED) is 0.682. The summed E-state index contributed by atoms with van der Waals surface area (Å²) < 4.78 is 5.85. The number of nitrogens with one attached hydrogen (secondary N) is 1. The number of benzene rings is 3. The van der Waals surface area contributed by atoms with Crippen LogP contribution in [0.1, 0.15) is 11.1 Å². The molecule has 0 heterocycles. The number of hydrogen-bond acceptors (Lipinski definition) is 2. The standard InChI is InChI=1S/C22H23NO/c1-23-15-14-18-8-5-9-21(16-18)20-10-12-22(13-11-20)24-17-19-6-3-2-4-7-19/h2-13,16,23H,14-15,17H2,1H3. The summed E-state index contributed by atoms with van der Waals surface area (Å²) in [6.07, 6.45) is 1.04. The van der Waals surface area contributed by atoms with E-state index in [0.29, 0.717) is 6.61 Å². The first kappa shape index (κ1) is 16.3. The van der Waals surface area contributed by atoms with Gasteiger partial charge in [-0.1, -0.05) is 66.7 Å². The van der Waals surface area contributed by atoms with E-state index >= 15 is 0 Å². The Morgan fingerprint density at radius 1 is 0.750 bits per heavy atom. The van der Waals surface area contributed by atoms with Crippen molar-refractivity contribution in [2.75, 3.05) is 13.6 Å². The zero-order valence-electron chi connectivity index (χ0n) is 14.0. The molecule has 0 radical (unpaired) electrons. The molecule has 24 heavy (non-hydrogen) atoms. The highest BCUT2D eigenvalue weighted by atomic mass is 16.5. The molecule has 0 aliphatic heterocycles. The summed E-state index contributed by atoms with van der Waals surface area (Å²) in [4.78, 5) is 0. The summed E-state index contributed by atoms with van der Waals surface area (Å²) in [5, 5.41) is 3.19. The zero-order chi connectivity index (χ0) is 16.6. The van der Waals surface area contributed by atoms with E-state index in [2.05, 4.69) is 53.8 Å². The maximum Gasteiger partial charge on any atom is 0.119 e. The third-order valence-corrected chi connectivity index (χ3v) is 4.03. The van der Waals surface area contributed by atoms with Crippen molar-refractivity contribution in [2.45, 2.75) is 13.0 Å². The number of rotatable bonds is 7. The highest BCUT2D eigenvalue weighted by molar-refractivity contribution is 5.64. The van der Waals surface area contributed by atoms with Crippen molar-refractivity contribution in [3.63, 3.8) is 0 Å². The highest BCUT2D eigenvalue weighted by Gasteiger charge is 2.01. The lowest BCUT2D eigenvalue weighted by Crippen LogP contribution is -2.10. The number of hydrogen-bond donors (Lipinski definition) is 1. The topological polar surface area (TPSA) is 21.3 Å². The van der Waals surface area contributed by atoms with Gasteiger partial charge in [0, 0.05) is 0 Å². The van der Waals surface area contributed by atoms with Gasteiger partial charge < -0.3 is 10.1 Å². The number of likely N-dealkylation sites (N-methyl/N-ethyl adjacent to an activating group) is 1. The molecule has 0 saturated heterocycles. The van der Waals surface area contributed by atoms with Crippen molar-refractivity contribution in [3.05, 3.63) is 90.0 Å². The molecule has 0 aromatic heterocycles. The molecule has 3 aromatic carbocycles. The average molecular weight is 317 g/mol. The van der Waals surface area contributed by atoms with Gasteiger partial charge in [-0.3, -0.25) is 0 Å². The fourth-order valence-electron chi connectivity index (χ4n) is 2.66. The van der Waals surface area contributed by atoms with Crippen molar-refractivity contribution in [3.8, 4) is 16.9 Å². The second-order valence-corrected chi connectivity index (χ2v) is 5.85. The predicted octanol–water partition coefficient (Wildman–Crippen LogP) is 4.69. The molecule has 0 aliphatic carbocycles. The molecule has 0 atom stereocenters. The molecule has 0 amide bonds. The van der Waals surface area contributed by atoms with Crippen LogP contribution in [0.2, 0.25) is 0 Å². The van der Waals surface area contributed by atoms with Gasteiger partial charge in [0.1, 0.15) is 12.4 Å². The molecule has 0 spiro atoms. The molecule has 1 N–H and O–H groups in total. The first-order chi connectivity index (χ1) is 11.8. The Morgan fingerprint density at radius 2 is 1.50 bits per heavy atom. The predicted molar refractivity (Wildman–Crippen MR) is 100 cm³/mol. The van der Waals surface area contributed by atoms with E-state index < -0.39 is 0 Å². The maximum absolute atomic E-state index is 5.85. The Hall–Kier alpha value is -2.58. The summed E-state index contributed by atoms with van der Waals surface area (Å²) >= 11 is 0. The second-order valence-electron chi connectivity index (χ2n) is 5.85. The molecule has 122 valence electrons. The lowest BCUT2D eigenvalue weighted by atomic mass is 10.0. The van der Waals surface area contributed by atoms with E-state index in [1.54, 1.807) is 0 Å². The van der Waals surface area contributed by atoms with Crippen molar-refractivity contribution in [1.82, 2.24) is 5.32 Å². The van der Waals surface area contributed by atoms with Gasteiger partial charge in [-0.25, -0.2) is 0 Å². The Labute approximate surface area is 144 Å². The lowest BCUT2D eigenvalue weighted by Gasteiger charge is -2.09. The lowest BCUT2D eigenvalue weighted by molar-refractivity contribution is 0.306. The summed E-state index contributed by atoms with van der Waals surface area (Å²) in [5.74, 6) is 0.897. The smallest absolute Gasteiger partial charge is 0.119 e. The Balaban J connectivity index is 1.66. The van der Waals surface area contributed by atoms with E-state index in [-0.39, 0.29) is 0 Å². The van der Waals surface area contributed by atoms with Crippen LogP contribution in [-0.2, 0) is 13.0 Å². The minimum absolute atomic E-state index is 0.597. The van der Waals surface area contributed by atoms with Crippen LogP contribution in [0, 0.1) is 0 Å². The van der Waals surface area contributed by atoms with Gasteiger partial charge in [-0.15, -0.1) is 0 Å². The zero-order valence-corrected chi connectivity index (χ0v) is 14.0. The van der Waals surface area contributed by atoms with Crippen LogP contribution in [0.4, 0.5) is 0 Å². The summed E-state index contributed by atoms with van der Waals surface area (Å²) in [7, 11) is 1.98. The van der Waals surface area contributed by atoms with Crippen LogP contribution in [0.3, 0.4) is 0 Å². The van der Waals surface area contributed by atoms with Crippen molar-refractivity contribution >= 4 is 0 Å². The largest absolute Gasteiger partial charge is 0.489 e. The Morgan fingerprint density at radius 3 is 2.25 bits per heavy atom. The molecular formula is C22H23NO. The monoisotopic (exact) mass is 317 g/mol. The minimum Gasteiger partial charge on any atom is -0.489 e. The normalized spacial score (nSPS) is 10.5. The van der Waals surface area contributed by atoms with Gasteiger partial charge in [0.25, 0.3) is 0 Å². The highest BCUT2D eigenvalue weighted by Crippen LogP contribution is 2.24. The van der Waals surface area contributed by atoms with E-state index in [0.717, 1.165) is 18.7 Å². The van der Waals surface area contributed by atoms with Crippen molar-refractivity contribution in [1.29, 1.82) is 0 Å². The molecule has 2 nitrogen and oxygen atoms in total. The van der Waals surface area contributed by atoms with Crippen LogP contribution in [-0.4, -0.2) is 13.6 Å². The molecule has 0 saturated carbocycles. The molecule has 0 fully saturated rings. The molecule has 3 rings (SSSR count). The van der Waals surface area contributed by atoms with Gasteiger partial charge in [-0.05, 0) is 54.4 Å². The third-order valence-electron chi connectivity index (χ3n) is 4.03. The van der Waals surface area contributed by atoms with E-state index in [4.69, 9.17) is 4.74 Å². The first-order valence-corrected chi connectivity index (χ1v) is 8.36. The summed E-state index contributed by atoms with van der Waals surface area (Å²) in [6.45, 7) is 1.59. The van der Waals surface area contributed by atoms with Crippen LogP contribution >= 0.6 is 0 Å². The average Bonchev–Trinajstić information content (AvgIpc) is 2.66. The van der Waals surface area contributed by atoms with Gasteiger partial charge in [0.15, 0.2) is 0 Å². The maximum atomic E-state index is 5.85. The molecule has 0 bridgehead atoms. The fraction of sp³-hybridized carbons (Fsp3) is 0.182. The summed E-state index contributed by atoms with van der Waals surface area (Å²) in [5.41, 5.74) is 5.00. The molecule has 2 heteroatoms. The van der Waals surface area contributed by atoms with E-state index in [1.807, 2.05) is 37.4 Å². The van der Waals surface area contributed by atoms with Gasteiger partial charge in [0.05, 0.1) is 0 Å². The third kappa shape index (κ3) is 4.46. The molecule has 0 aliphatic rings. The minimum atomic E-state index is 0.597. The van der Waals surface area contributed by atoms with E-state index in [9.17, 15) is 0 Å². The molecule has 3 aromatic rings. The van der Waals surface area contributed by atoms with Crippen molar-refractivity contribution < 1.29 is 4.74 Å². The summed E-state index contributed by atoms with van der Waals surface area (Å²) in [6, 6.07) is 27.3. The second kappa shape index (κ2) is 8.32. The number of ether oxygens (including phenoxy) is 1. The van der Waals surface area contributed by atoms with Gasteiger partial charge >= 0.3 is 0 Å². The van der Waals surface area contributed by atoms with E-state index in [1.165, 1.54) is 22.3 Å². The van der Waals surface area contributed by atoms with Crippen LogP contribution in [0.15, 0.2) is 78.9 Å². The van der Waals surface area contributed by atoms with Crippen molar-refractivity contribution in [2.24, 2.45) is 0 Å². The van der Waals surface area contributed by atoms with Gasteiger partial charge in [-0.2, -0.15) is 0 Å². The van der Waals surface area contributed by atoms with Gasteiger partial charge in [0.2, 0.25) is 0 Å². The van der Waals surface area contributed by atoms with Crippen LogP contribution < -0.4 is 10.1 Å².